The predicted octanol–water partition coefficient (Wildman–Crippen LogP) is 5.74. The van der Waals surface area contributed by atoms with Gasteiger partial charge in [0.15, 0.2) is 0 Å². The van der Waals surface area contributed by atoms with Crippen LogP contribution in [0.2, 0.25) is 0 Å². The molecule has 0 rings (SSSR count). The number of nitrogens with one attached hydrogen (secondary N) is 2. The standard InChI is InChI=1S/C31H59N2O10.C7H10O2.CH2O2.Y/c1-28(2,3)13-18-41-24-31(22-39-16-11-26(35)42-29(4,5)6,23-40-17-12-27(36)43-30(7,8)9)33-25(34)10-15-37-20-21-38-19-14-32;1-3-5-7(4-2)6-9-8;2-1-3;/h32H,10-24H2,1-9H3,(H,33,34);3-5,8H,1-2,6H2;1H,(H,2,3);/q-1;;;/b;7-5+;;. The number of amides is 1. The maximum atomic E-state index is 13.0. The van der Waals surface area contributed by atoms with Crippen molar-refractivity contribution in [2.45, 2.75) is 105 Å². The molecule has 56 heavy (non-hydrogen) atoms. The fourth-order valence-corrected chi connectivity index (χ4v) is 3.83. The van der Waals surface area contributed by atoms with E-state index in [1.807, 2.05) is 0 Å². The van der Waals surface area contributed by atoms with Gasteiger partial charge in [-0.05, 0) is 59.0 Å². The van der Waals surface area contributed by atoms with Gasteiger partial charge in [0.1, 0.15) is 23.3 Å². The number of carbonyl (C=O) groups is 4. The second kappa shape index (κ2) is 36.0. The zero-order valence-electron chi connectivity index (χ0n) is 35.4. The molecule has 0 saturated carbocycles. The van der Waals surface area contributed by atoms with Gasteiger partial charge in [0.2, 0.25) is 5.91 Å². The van der Waals surface area contributed by atoms with Gasteiger partial charge in [0.05, 0.1) is 65.7 Å². The number of allylic oxidation sites excluding steroid dienone is 2. The first kappa shape index (κ1) is 60.6. The van der Waals surface area contributed by atoms with Crippen LogP contribution >= 0.6 is 0 Å². The largest absolute Gasteiger partial charge is 0.676 e. The first-order chi connectivity index (χ1) is 25.6. The molecule has 1 amide bonds. The number of hydrogen-bond acceptors (Lipinski definition) is 13. The van der Waals surface area contributed by atoms with E-state index in [-0.39, 0.29) is 134 Å². The zero-order valence-corrected chi connectivity index (χ0v) is 38.2. The molecule has 0 unspecified atom stereocenters. The van der Waals surface area contributed by atoms with Crippen LogP contribution in [0, 0.1) is 5.41 Å². The first-order valence-corrected chi connectivity index (χ1v) is 18.2. The maximum Gasteiger partial charge on any atom is 0.308 e. The van der Waals surface area contributed by atoms with E-state index in [0.717, 1.165) is 12.0 Å². The Kier molecular flexibility index (Phi) is 38.9. The van der Waals surface area contributed by atoms with Crippen LogP contribution in [-0.4, -0.2) is 131 Å². The molecule has 0 aliphatic heterocycles. The topological polar surface area (TPSA) is 218 Å². The molecule has 0 aliphatic carbocycles. The minimum atomic E-state index is -1.09. The van der Waals surface area contributed by atoms with E-state index < -0.39 is 16.7 Å². The fraction of sp³-hybridized carbons (Fsp3) is 0.744. The molecule has 0 bridgehead atoms. The van der Waals surface area contributed by atoms with Gasteiger partial charge in [0, 0.05) is 52.3 Å². The molecular formula is C39H71N2O14Y-. The smallest absolute Gasteiger partial charge is 0.308 e. The normalized spacial score (nSPS) is 11.7. The number of carbonyl (C=O) groups excluding carboxylic acids is 3. The predicted molar refractivity (Wildman–Crippen MR) is 210 cm³/mol. The molecule has 0 saturated heterocycles. The van der Waals surface area contributed by atoms with Crippen LogP contribution in [0.5, 0.6) is 0 Å². The molecule has 0 aromatic rings. The molecule has 17 heteroatoms. The Morgan fingerprint density at radius 2 is 1.12 bits per heavy atom. The Hall–Kier alpha value is -2.12. The second-order valence-electron chi connectivity index (χ2n) is 15.3. The molecular weight excluding hydrogens is 809 g/mol. The molecule has 4 N–H and O–H groups in total. The number of carboxylic acid groups (broad SMARTS) is 1. The van der Waals surface area contributed by atoms with Crippen LogP contribution in [0.15, 0.2) is 37.0 Å². The second-order valence-corrected chi connectivity index (χ2v) is 15.3. The Morgan fingerprint density at radius 1 is 0.696 bits per heavy atom. The molecule has 325 valence electrons. The molecule has 16 nitrogen and oxygen atoms in total. The molecule has 0 fully saturated rings. The van der Waals surface area contributed by atoms with Crippen LogP contribution in [0.4, 0.5) is 0 Å². The van der Waals surface area contributed by atoms with E-state index in [1.54, 1.807) is 59.8 Å². The number of ether oxygens (including phenoxy) is 7. The van der Waals surface area contributed by atoms with E-state index in [1.165, 1.54) is 0 Å². The van der Waals surface area contributed by atoms with Gasteiger partial charge in [-0.3, -0.25) is 24.4 Å². The van der Waals surface area contributed by atoms with Gasteiger partial charge in [0.25, 0.3) is 6.47 Å². The van der Waals surface area contributed by atoms with Crippen molar-refractivity contribution in [1.82, 2.24) is 5.32 Å². The van der Waals surface area contributed by atoms with Crippen molar-refractivity contribution >= 4 is 24.3 Å². The number of esters is 2. The molecule has 0 spiro atoms. The average molecular weight is 881 g/mol. The van der Waals surface area contributed by atoms with E-state index >= 15 is 0 Å². The third-order valence-corrected chi connectivity index (χ3v) is 6.19. The molecule has 0 aliphatic rings. The summed E-state index contributed by atoms with van der Waals surface area (Å²) in [7, 11) is 0. The Bertz CT molecular complexity index is 1050. The van der Waals surface area contributed by atoms with Gasteiger partial charge in [-0.15, -0.1) is 6.54 Å². The van der Waals surface area contributed by atoms with E-state index in [2.05, 4.69) is 44.1 Å². The van der Waals surface area contributed by atoms with E-state index in [0.29, 0.717) is 26.4 Å². The summed E-state index contributed by atoms with van der Waals surface area (Å²) in [6.45, 7) is 26.1. The van der Waals surface area contributed by atoms with Crippen LogP contribution in [-0.2, 0) is 89.9 Å². The van der Waals surface area contributed by atoms with Gasteiger partial charge in [-0.2, -0.15) is 0 Å². The third kappa shape index (κ3) is 44.6. The van der Waals surface area contributed by atoms with Crippen molar-refractivity contribution in [2.24, 2.45) is 5.41 Å². The third-order valence-electron chi connectivity index (χ3n) is 6.19. The van der Waals surface area contributed by atoms with Gasteiger partial charge in [-0.1, -0.05) is 52.2 Å². The fourth-order valence-electron chi connectivity index (χ4n) is 3.83. The summed E-state index contributed by atoms with van der Waals surface area (Å²) in [6, 6.07) is 0. The van der Waals surface area contributed by atoms with Crippen molar-refractivity contribution in [3.05, 3.63) is 42.7 Å². The summed E-state index contributed by atoms with van der Waals surface area (Å²) >= 11 is 0. The molecule has 0 atom stereocenters. The molecule has 1 radical (unpaired) electrons. The van der Waals surface area contributed by atoms with Crippen molar-refractivity contribution in [3.63, 3.8) is 0 Å². The SMILES string of the molecule is C=C/C=C(\C=C)COO.CC(C)(C)CCOCC(COCCC(=O)OC(C)(C)C)(COCCC(=O)OC(C)(C)C)NC(=O)CCOCCOCC[NH-].O=CO.[Y]. The number of rotatable bonds is 27. The summed E-state index contributed by atoms with van der Waals surface area (Å²) in [5, 5.41) is 17.9. The molecule has 0 aromatic carbocycles. The maximum absolute atomic E-state index is 13.0. The summed E-state index contributed by atoms with van der Waals surface area (Å²) < 4.78 is 39.2. The summed E-state index contributed by atoms with van der Waals surface area (Å²) in [4.78, 5) is 49.6. The van der Waals surface area contributed by atoms with Crippen molar-refractivity contribution in [3.8, 4) is 0 Å². The Morgan fingerprint density at radius 3 is 1.50 bits per heavy atom. The molecule has 0 heterocycles. The quantitative estimate of drug-likeness (QED) is 0.0224. The van der Waals surface area contributed by atoms with Crippen molar-refractivity contribution in [2.75, 3.05) is 79.2 Å². The zero-order chi connectivity index (χ0) is 42.8. The number of hydrogen-bond donors (Lipinski definition) is 3. The van der Waals surface area contributed by atoms with Crippen LogP contribution < -0.4 is 5.32 Å². The Balaban J connectivity index is -0.000000894. The minimum Gasteiger partial charge on any atom is -0.676 e. The van der Waals surface area contributed by atoms with Gasteiger partial charge < -0.3 is 49.3 Å². The summed E-state index contributed by atoms with van der Waals surface area (Å²) in [6.07, 6.45) is 5.88. The summed E-state index contributed by atoms with van der Waals surface area (Å²) in [5.41, 5.74) is 5.65. The minimum absolute atomic E-state index is 0. The van der Waals surface area contributed by atoms with E-state index in [4.69, 9.17) is 54.1 Å². The molecule has 0 aromatic heterocycles. The van der Waals surface area contributed by atoms with Crippen LogP contribution in [0.1, 0.15) is 88.0 Å². The Labute approximate surface area is 360 Å². The van der Waals surface area contributed by atoms with E-state index in [9.17, 15) is 14.4 Å². The average Bonchev–Trinajstić information content (AvgIpc) is 3.05. The summed E-state index contributed by atoms with van der Waals surface area (Å²) in [5.74, 6) is -1.07. The van der Waals surface area contributed by atoms with Crippen molar-refractivity contribution < 1.29 is 100 Å². The van der Waals surface area contributed by atoms with Gasteiger partial charge >= 0.3 is 11.9 Å². The monoisotopic (exact) mass is 880 g/mol. The van der Waals surface area contributed by atoms with Gasteiger partial charge in [-0.25, -0.2) is 4.89 Å². The van der Waals surface area contributed by atoms with Crippen LogP contribution in [0.3, 0.4) is 0 Å². The first-order valence-electron chi connectivity index (χ1n) is 18.2. The van der Waals surface area contributed by atoms with Crippen LogP contribution in [0.25, 0.3) is 5.73 Å². The van der Waals surface area contributed by atoms with Crippen molar-refractivity contribution in [1.29, 1.82) is 0 Å².